The predicted molar refractivity (Wildman–Crippen MR) is 81.1 cm³/mol. The van der Waals surface area contributed by atoms with E-state index in [1.165, 1.54) is 5.56 Å². The van der Waals surface area contributed by atoms with Gasteiger partial charge in [0.05, 0.1) is 11.7 Å². The number of aryl methyl sites for hydroxylation is 1. The Labute approximate surface area is 115 Å². The SMILES string of the molecule is Cc1ccc(NC2=NC(C)CC(C)S2)c(Br)c1. The van der Waals surface area contributed by atoms with Gasteiger partial charge in [0.1, 0.15) is 0 Å². The fraction of sp³-hybridized carbons (Fsp3) is 0.462. The maximum atomic E-state index is 4.64. The number of thioether (sulfide) groups is 1. The highest BCUT2D eigenvalue weighted by atomic mass is 79.9. The average Bonchev–Trinajstić information content (AvgIpc) is 2.21. The molecule has 1 aromatic carbocycles. The first kappa shape index (κ1) is 13.0. The highest BCUT2D eigenvalue weighted by Crippen LogP contribution is 2.29. The molecule has 17 heavy (non-hydrogen) atoms. The van der Waals surface area contributed by atoms with Crippen molar-refractivity contribution in [2.75, 3.05) is 5.32 Å². The summed E-state index contributed by atoms with van der Waals surface area (Å²) in [6.07, 6.45) is 1.16. The third kappa shape index (κ3) is 3.49. The molecule has 2 unspecified atom stereocenters. The van der Waals surface area contributed by atoms with Crippen molar-refractivity contribution in [3.8, 4) is 0 Å². The van der Waals surface area contributed by atoms with Crippen molar-refractivity contribution >= 4 is 38.5 Å². The fourth-order valence-electron chi connectivity index (χ4n) is 1.90. The van der Waals surface area contributed by atoms with Crippen molar-refractivity contribution in [1.29, 1.82) is 0 Å². The van der Waals surface area contributed by atoms with Crippen LogP contribution in [0.2, 0.25) is 0 Å². The summed E-state index contributed by atoms with van der Waals surface area (Å²) < 4.78 is 1.09. The number of nitrogens with zero attached hydrogens (tertiary/aromatic N) is 1. The summed E-state index contributed by atoms with van der Waals surface area (Å²) in [5.74, 6) is 0. The Hall–Kier alpha value is -0.480. The van der Waals surface area contributed by atoms with Gasteiger partial charge in [-0.1, -0.05) is 24.8 Å². The Morgan fingerprint density at radius 1 is 1.41 bits per heavy atom. The van der Waals surface area contributed by atoms with Gasteiger partial charge in [0.2, 0.25) is 0 Å². The number of hydrogen-bond donors (Lipinski definition) is 1. The van der Waals surface area contributed by atoms with E-state index in [-0.39, 0.29) is 0 Å². The molecule has 0 saturated carbocycles. The quantitative estimate of drug-likeness (QED) is 0.829. The number of anilines is 1. The lowest BCUT2D eigenvalue weighted by atomic mass is 10.2. The van der Waals surface area contributed by atoms with Crippen LogP contribution < -0.4 is 5.32 Å². The zero-order chi connectivity index (χ0) is 12.4. The van der Waals surface area contributed by atoms with E-state index in [2.05, 4.69) is 65.2 Å². The molecule has 1 N–H and O–H groups in total. The summed E-state index contributed by atoms with van der Waals surface area (Å²) >= 11 is 5.39. The standard InChI is InChI=1S/C13H17BrN2S/c1-8-4-5-12(11(14)6-8)16-13-15-9(2)7-10(3)17-13/h4-6,9-10H,7H2,1-3H3,(H,15,16). The maximum absolute atomic E-state index is 4.64. The molecule has 0 fully saturated rings. The van der Waals surface area contributed by atoms with Gasteiger partial charge in [-0.15, -0.1) is 0 Å². The molecular formula is C13H17BrN2S. The summed E-state index contributed by atoms with van der Waals surface area (Å²) in [7, 11) is 0. The van der Waals surface area contributed by atoms with Gasteiger partial charge in [0, 0.05) is 9.72 Å². The van der Waals surface area contributed by atoms with Crippen LogP contribution in [-0.2, 0) is 0 Å². The lowest BCUT2D eigenvalue weighted by molar-refractivity contribution is 0.661. The van der Waals surface area contributed by atoms with Crippen molar-refractivity contribution in [3.63, 3.8) is 0 Å². The maximum Gasteiger partial charge on any atom is 0.161 e. The molecule has 2 rings (SSSR count). The molecule has 0 saturated heterocycles. The number of halogens is 1. The largest absolute Gasteiger partial charge is 0.334 e. The molecule has 1 heterocycles. The van der Waals surface area contributed by atoms with Gasteiger partial charge in [-0.2, -0.15) is 0 Å². The van der Waals surface area contributed by atoms with Crippen LogP contribution in [0.25, 0.3) is 0 Å². The molecule has 0 aromatic heterocycles. The van der Waals surface area contributed by atoms with E-state index < -0.39 is 0 Å². The number of aliphatic imine (C=N–C) groups is 1. The first-order valence-electron chi connectivity index (χ1n) is 5.82. The number of nitrogens with one attached hydrogen (secondary N) is 1. The minimum absolute atomic E-state index is 0.415. The average molecular weight is 313 g/mol. The molecule has 0 amide bonds. The second-order valence-corrected chi connectivity index (χ2v) is 6.84. The minimum Gasteiger partial charge on any atom is -0.334 e. The third-order valence-corrected chi connectivity index (χ3v) is 4.37. The van der Waals surface area contributed by atoms with E-state index in [0.29, 0.717) is 11.3 Å². The van der Waals surface area contributed by atoms with Crippen molar-refractivity contribution in [3.05, 3.63) is 28.2 Å². The van der Waals surface area contributed by atoms with Crippen molar-refractivity contribution in [2.24, 2.45) is 4.99 Å². The van der Waals surface area contributed by atoms with Crippen molar-refractivity contribution < 1.29 is 0 Å². The van der Waals surface area contributed by atoms with Crippen LogP contribution in [-0.4, -0.2) is 16.5 Å². The Balaban J connectivity index is 2.15. The first-order chi connectivity index (χ1) is 8.04. The third-order valence-electron chi connectivity index (χ3n) is 2.69. The lowest BCUT2D eigenvalue weighted by Gasteiger charge is -2.23. The van der Waals surface area contributed by atoms with E-state index in [0.717, 1.165) is 21.7 Å². The molecule has 0 bridgehead atoms. The van der Waals surface area contributed by atoms with Crippen LogP contribution in [0.5, 0.6) is 0 Å². The van der Waals surface area contributed by atoms with E-state index in [1.807, 2.05) is 11.8 Å². The van der Waals surface area contributed by atoms with Crippen molar-refractivity contribution in [1.82, 2.24) is 0 Å². The van der Waals surface area contributed by atoms with Gasteiger partial charge in [-0.05, 0) is 53.9 Å². The van der Waals surface area contributed by atoms with E-state index in [4.69, 9.17) is 0 Å². The summed E-state index contributed by atoms with van der Waals surface area (Å²) in [6.45, 7) is 6.51. The second kappa shape index (κ2) is 5.44. The summed E-state index contributed by atoms with van der Waals surface area (Å²) in [5.41, 5.74) is 2.34. The van der Waals surface area contributed by atoms with Gasteiger partial charge in [0.25, 0.3) is 0 Å². The fourth-order valence-corrected chi connectivity index (χ4v) is 3.66. The highest BCUT2D eigenvalue weighted by Gasteiger charge is 2.18. The van der Waals surface area contributed by atoms with Crippen LogP contribution in [0, 0.1) is 6.92 Å². The zero-order valence-corrected chi connectivity index (χ0v) is 12.7. The monoisotopic (exact) mass is 312 g/mol. The van der Waals surface area contributed by atoms with Crippen LogP contribution in [0.15, 0.2) is 27.7 Å². The highest BCUT2D eigenvalue weighted by molar-refractivity contribution is 9.10. The van der Waals surface area contributed by atoms with E-state index in [1.54, 1.807) is 0 Å². The Morgan fingerprint density at radius 2 is 2.18 bits per heavy atom. The molecule has 1 aliphatic heterocycles. The van der Waals surface area contributed by atoms with Crippen LogP contribution in [0.3, 0.4) is 0 Å². The molecule has 2 atom stereocenters. The molecule has 2 nitrogen and oxygen atoms in total. The number of rotatable bonds is 1. The topological polar surface area (TPSA) is 24.4 Å². The molecule has 0 radical (unpaired) electrons. The van der Waals surface area contributed by atoms with E-state index in [9.17, 15) is 0 Å². The zero-order valence-electron chi connectivity index (χ0n) is 10.3. The summed E-state index contributed by atoms with van der Waals surface area (Å²) in [6, 6.07) is 6.72. The summed E-state index contributed by atoms with van der Waals surface area (Å²) in [5, 5.41) is 5.07. The first-order valence-corrected chi connectivity index (χ1v) is 7.49. The lowest BCUT2D eigenvalue weighted by Crippen LogP contribution is -2.22. The molecule has 0 aliphatic carbocycles. The Morgan fingerprint density at radius 3 is 2.82 bits per heavy atom. The molecule has 1 aromatic rings. The number of benzene rings is 1. The van der Waals surface area contributed by atoms with Crippen LogP contribution >= 0.6 is 27.7 Å². The number of amidine groups is 1. The van der Waals surface area contributed by atoms with Gasteiger partial charge in [0.15, 0.2) is 5.17 Å². The summed E-state index contributed by atoms with van der Waals surface area (Å²) in [4.78, 5) is 4.64. The Kier molecular flexibility index (Phi) is 4.15. The van der Waals surface area contributed by atoms with Crippen LogP contribution in [0.1, 0.15) is 25.8 Å². The van der Waals surface area contributed by atoms with Gasteiger partial charge < -0.3 is 5.32 Å². The number of hydrogen-bond acceptors (Lipinski definition) is 3. The minimum atomic E-state index is 0.415. The normalized spacial score (nSPS) is 24.4. The van der Waals surface area contributed by atoms with E-state index >= 15 is 0 Å². The van der Waals surface area contributed by atoms with Crippen molar-refractivity contribution in [2.45, 2.75) is 38.5 Å². The predicted octanol–water partition coefficient (Wildman–Crippen LogP) is 4.44. The molecule has 0 spiro atoms. The van der Waals surface area contributed by atoms with Gasteiger partial charge >= 0.3 is 0 Å². The Bertz CT molecular complexity index is 445. The van der Waals surface area contributed by atoms with Gasteiger partial charge in [-0.25, -0.2) is 0 Å². The molecule has 92 valence electrons. The van der Waals surface area contributed by atoms with Crippen LogP contribution in [0.4, 0.5) is 5.69 Å². The molecule has 1 aliphatic rings. The smallest absolute Gasteiger partial charge is 0.161 e. The van der Waals surface area contributed by atoms with Gasteiger partial charge in [-0.3, -0.25) is 4.99 Å². The second-order valence-electron chi connectivity index (χ2n) is 4.56. The molecular weight excluding hydrogens is 296 g/mol. The molecule has 4 heteroatoms.